The first-order valence-corrected chi connectivity index (χ1v) is 8.15. The number of piperazine rings is 1. The molecule has 1 saturated heterocycles. The number of hydrogen-bond donors (Lipinski definition) is 1. The van der Waals surface area contributed by atoms with Crippen molar-refractivity contribution in [3.63, 3.8) is 0 Å². The maximum atomic E-state index is 13.9. The Morgan fingerprint density at radius 3 is 2.50 bits per heavy atom. The van der Waals surface area contributed by atoms with Gasteiger partial charge in [0, 0.05) is 31.7 Å². The van der Waals surface area contributed by atoms with Crippen LogP contribution < -0.4 is 14.8 Å². The zero-order valence-corrected chi connectivity index (χ0v) is 14.1. The molecule has 5 heteroatoms. The van der Waals surface area contributed by atoms with E-state index >= 15 is 0 Å². The lowest BCUT2D eigenvalue weighted by molar-refractivity contribution is 0.195. The summed E-state index contributed by atoms with van der Waals surface area (Å²) in [5, 5.41) is 3.36. The number of rotatable bonds is 5. The first-order chi connectivity index (χ1) is 11.7. The van der Waals surface area contributed by atoms with Gasteiger partial charge in [0.15, 0.2) is 0 Å². The normalized spacial score (nSPS) is 16.6. The van der Waals surface area contributed by atoms with E-state index in [4.69, 9.17) is 9.47 Å². The van der Waals surface area contributed by atoms with Gasteiger partial charge in [0.25, 0.3) is 0 Å². The van der Waals surface area contributed by atoms with Gasteiger partial charge in [-0.05, 0) is 35.9 Å². The number of ether oxygens (including phenoxy) is 2. The Kier molecular flexibility index (Phi) is 5.33. The standard InChI is InChI=1S/C19H23FN2O2/c1-23-16-6-7-18(24-2)17(13-16)19(22-10-8-21-9-11-22)14-4-3-5-15(20)12-14/h3-7,12-13,19,21H,8-11H2,1-2H3. The van der Waals surface area contributed by atoms with Crippen LogP contribution in [-0.4, -0.2) is 45.3 Å². The number of benzene rings is 2. The lowest BCUT2D eigenvalue weighted by atomic mass is 9.95. The monoisotopic (exact) mass is 330 g/mol. The fraction of sp³-hybridized carbons (Fsp3) is 0.368. The highest BCUT2D eigenvalue weighted by Gasteiger charge is 2.27. The van der Waals surface area contributed by atoms with E-state index in [9.17, 15) is 4.39 Å². The van der Waals surface area contributed by atoms with Crippen molar-refractivity contribution in [2.24, 2.45) is 0 Å². The molecule has 4 nitrogen and oxygen atoms in total. The molecule has 1 N–H and O–H groups in total. The maximum absolute atomic E-state index is 13.9. The summed E-state index contributed by atoms with van der Waals surface area (Å²) in [4.78, 5) is 2.35. The van der Waals surface area contributed by atoms with Gasteiger partial charge in [-0.25, -0.2) is 4.39 Å². The lowest BCUT2D eigenvalue weighted by Gasteiger charge is -2.36. The van der Waals surface area contributed by atoms with E-state index in [1.165, 1.54) is 6.07 Å². The van der Waals surface area contributed by atoms with E-state index in [1.807, 2.05) is 24.3 Å². The molecular formula is C19H23FN2O2. The fourth-order valence-electron chi connectivity index (χ4n) is 3.26. The van der Waals surface area contributed by atoms with Crippen LogP contribution >= 0.6 is 0 Å². The minimum absolute atomic E-state index is 0.0761. The molecule has 0 saturated carbocycles. The average Bonchev–Trinajstić information content (AvgIpc) is 2.63. The summed E-state index contributed by atoms with van der Waals surface area (Å²) in [6.07, 6.45) is 0. The third-order valence-corrected chi connectivity index (χ3v) is 4.41. The van der Waals surface area contributed by atoms with Gasteiger partial charge in [0.2, 0.25) is 0 Å². The zero-order valence-electron chi connectivity index (χ0n) is 14.1. The highest BCUT2D eigenvalue weighted by Crippen LogP contribution is 2.37. The van der Waals surface area contributed by atoms with Crippen LogP contribution in [0.2, 0.25) is 0 Å². The van der Waals surface area contributed by atoms with Gasteiger partial charge in [0.1, 0.15) is 17.3 Å². The molecule has 0 spiro atoms. The van der Waals surface area contributed by atoms with Crippen LogP contribution in [0.25, 0.3) is 0 Å². The number of nitrogens with one attached hydrogen (secondary N) is 1. The Morgan fingerprint density at radius 1 is 1.04 bits per heavy atom. The fourth-order valence-corrected chi connectivity index (χ4v) is 3.26. The molecule has 1 aliphatic heterocycles. The van der Waals surface area contributed by atoms with Crippen molar-refractivity contribution < 1.29 is 13.9 Å². The molecule has 2 aromatic carbocycles. The minimum Gasteiger partial charge on any atom is -0.497 e. The summed E-state index contributed by atoms with van der Waals surface area (Å²) in [5.41, 5.74) is 1.91. The predicted octanol–water partition coefficient (Wildman–Crippen LogP) is 2.84. The van der Waals surface area contributed by atoms with Crippen LogP contribution in [0, 0.1) is 5.82 Å². The number of methoxy groups -OCH3 is 2. The van der Waals surface area contributed by atoms with E-state index in [0.29, 0.717) is 0 Å². The first kappa shape index (κ1) is 16.7. The summed E-state index contributed by atoms with van der Waals surface area (Å²) in [6.45, 7) is 3.61. The maximum Gasteiger partial charge on any atom is 0.124 e. The molecule has 1 aliphatic rings. The molecule has 24 heavy (non-hydrogen) atoms. The smallest absolute Gasteiger partial charge is 0.124 e. The first-order valence-electron chi connectivity index (χ1n) is 8.15. The average molecular weight is 330 g/mol. The highest BCUT2D eigenvalue weighted by atomic mass is 19.1. The lowest BCUT2D eigenvalue weighted by Crippen LogP contribution is -2.45. The quantitative estimate of drug-likeness (QED) is 0.914. The summed E-state index contributed by atoms with van der Waals surface area (Å²) in [7, 11) is 3.30. The van der Waals surface area contributed by atoms with Crippen molar-refractivity contribution in [3.05, 3.63) is 59.4 Å². The van der Waals surface area contributed by atoms with Crippen LogP contribution in [0.1, 0.15) is 17.2 Å². The van der Waals surface area contributed by atoms with Crippen LogP contribution in [0.15, 0.2) is 42.5 Å². The van der Waals surface area contributed by atoms with Gasteiger partial charge >= 0.3 is 0 Å². The summed E-state index contributed by atoms with van der Waals surface area (Å²) in [5.74, 6) is 1.32. The van der Waals surface area contributed by atoms with Crippen molar-refractivity contribution in [1.82, 2.24) is 10.2 Å². The summed E-state index contributed by atoms with van der Waals surface area (Å²) < 4.78 is 24.8. The van der Waals surface area contributed by atoms with Gasteiger partial charge in [-0.15, -0.1) is 0 Å². The van der Waals surface area contributed by atoms with E-state index < -0.39 is 0 Å². The molecular weight excluding hydrogens is 307 g/mol. The third-order valence-electron chi connectivity index (χ3n) is 4.41. The van der Waals surface area contributed by atoms with Crippen LogP contribution in [0.5, 0.6) is 11.5 Å². The second kappa shape index (κ2) is 7.64. The predicted molar refractivity (Wildman–Crippen MR) is 92.2 cm³/mol. The topological polar surface area (TPSA) is 33.7 Å². The number of hydrogen-bond acceptors (Lipinski definition) is 4. The summed E-state index contributed by atoms with van der Waals surface area (Å²) in [6, 6.07) is 12.5. The molecule has 1 unspecified atom stereocenters. The van der Waals surface area contributed by atoms with Crippen LogP contribution in [0.3, 0.4) is 0 Å². The Balaban J connectivity index is 2.10. The van der Waals surface area contributed by atoms with Gasteiger partial charge in [-0.1, -0.05) is 12.1 Å². The molecule has 0 bridgehead atoms. The molecule has 0 aromatic heterocycles. The highest BCUT2D eigenvalue weighted by molar-refractivity contribution is 5.46. The van der Waals surface area contributed by atoms with Crippen molar-refractivity contribution >= 4 is 0 Å². The van der Waals surface area contributed by atoms with Crippen LogP contribution in [-0.2, 0) is 0 Å². The molecule has 0 amide bonds. The largest absolute Gasteiger partial charge is 0.497 e. The molecule has 0 aliphatic carbocycles. The second-order valence-electron chi connectivity index (χ2n) is 5.85. The number of halogens is 1. The molecule has 0 radical (unpaired) electrons. The molecule has 1 heterocycles. The minimum atomic E-state index is -0.227. The van der Waals surface area contributed by atoms with E-state index in [0.717, 1.165) is 48.8 Å². The Bertz CT molecular complexity index is 687. The molecule has 1 fully saturated rings. The Labute approximate surface area is 142 Å². The second-order valence-corrected chi connectivity index (χ2v) is 5.85. The van der Waals surface area contributed by atoms with Crippen LogP contribution in [0.4, 0.5) is 4.39 Å². The Morgan fingerprint density at radius 2 is 1.83 bits per heavy atom. The van der Waals surface area contributed by atoms with Gasteiger partial charge in [-0.2, -0.15) is 0 Å². The van der Waals surface area contributed by atoms with Crippen molar-refractivity contribution in [1.29, 1.82) is 0 Å². The Hall–Kier alpha value is -2.11. The van der Waals surface area contributed by atoms with E-state index in [1.54, 1.807) is 26.4 Å². The van der Waals surface area contributed by atoms with Gasteiger partial charge in [0.05, 0.1) is 20.3 Å². The van der Waals surface area contributed by atoms with E-state index in [-0.39, 0.29) is 11.9 Å². The van der Waals surface area contributed by atoms with E-state index in [2.05, 4.69) is 10.2 Å². The van der Waals surface area contributed by atoms with Gasteiger partial charge < -0.3 is 14.8 Å². The SMILES string of the molecule is COc1ccc(OC)c(C(c2cccc(F)c2)N2CCNCC2)c1. The van der Waals surface area contributed by atoms with Crippen molar-refractivity contribution in [2.45, 2.75) is 6.04 Å². The molecule has 128 valence electrons. The van der Waals surface area contributed by atoms with Crippen molar-refractivity contribution in [3.8, 4) is 11.5 Å². The van der Waals surface area contributed by atoms with Gasteiger partial charge in [-0.3, -0.25) is 4.90 Å². The summed E-state index contributed by atoms with van der Waals surface area (Å²) >= 11 is 0. The number of nitrogens with zero attached hydrogens (tertiary/aromatic N) is 1. The molecule has 2 aromatic rings. The van der Waals surface area contributed by atoms with Crippen molar-refractivity contribution in [2.75, 3.05) is 40.4 Å². The molecule has 3 rings (SSSR count). The third kappa shape index (κ3) is 3.52. The zero-order chi connectivity index (χ0) is 16.9. The molecule has 1 atom stereocenters.